The number of hydrogen-bond donors (Lipinski definition) is 0. The highest BCUT2D eigenvalue weighted by Crippen LogP contribution is 2.22. The Hall–Kier alpha value is -2.77. The topological polar surface area (TPSA) is 50.1 Å². The Morgan fingerprint density at radius 2 is 1.79 bits per heavy atom. The third-order valence-electron chi connectivity index (χ3n) is 5.43. The molecule has 0 aliphatic carbocycles. The van der Waals surface area contributed by atoms with Crippen LogP contribution in [-0.2, 0) is 13.1 Å². The van der Waals surface area contributed by atoms with Gasteiger partial charge in [-0.1, -0.05) is 6.07 Å². The van der Waals surface area contributed by atoms with Crippen LogP contribution in [0.15, 0.2) is 47.4 Å². The van der Waals surface area contributed by atoms with Gasteiger partial charge in [0.05, 0.1) is 12.8 Å². The first-order chi connectivity index (χ1) is 14.0. The molecule has 1 aliphatic rings. The molecule has 4 rings (SSSR count). The van der Waals surface area contributed by atoms with Crippen molar-refractivity contribution in [3.63, 3.8) is 0 Å². The summed E-state index contributed by atoms with van der Waals surface area (Å²) in [7, 11) is 1.61. The molecule has 2 aromatic heterocycles. The molecule has 0 radical (unpaired) electrons. The second-order valence-corrected chi connectivity index (χ2v) is 7.48. The highest BCUT2D eigenvalue weighted by molar-refractivity contribution is 5.46. The number of piperazine rings is 1. The minimum Gasteiger partial charge on any atom is -0.496 e. The van der Waals surface area contributed by atoms with Gasteiger partial charge in [-0.3, -0.25) is 19.0 Å². The average Bonchev–Trinajstić information content (AvgIpc) is 2.71. The molecule has 1 aromatic carbocycles. The van der Waals surface area contributed by atoms with Gasteiger partial charge in [0.15, 0.2) is 0 Å². The molecule has 0 spiro atoms. The maximum absolute atomic E-state index is 13.6. The molecule has 3 aromatic rings. The van der Waals surface area contributed by atoms with Crippen LogP contribution in [0.25, 0.3) is 5.65 Å². The molecule has 0 unspecified atom stereocenters. The van der Waals surface area contributed by atoms with Crippen LogP contribution in [0, 0.1) is 12.7 Å². The molecule has 7 heteroatoms. The number of aromatic nitrogens is 2. The van der Waals surface area contributed by atoms with E-state index >= 15 is 0 Å². The number of hydrogen-bond acceptors (Lipinski definition) is 5. The van der Waals surface area contributed by atoms with E-state index in [-0.39, 0.29) is 11.4 Å². The molecule has 0 saturated carbocycles. The highest BCUT2D eigenvalue weighted by atomic mass is 19.1. The first kappa shape index (κ1) is 19.5. The van der Waals surface area contributed by atoms with Gasteiger partial charge < -0.3 is 4.74 Å². The van der Waals surface area contributed by atoms with Crippen LogP contribution >= 0.6 is 0 Å². The van der Waals surface area contributed by atoms with Gasteiger partial charge in [-0.05, 0) is 36.8 Å². The van der Waals surface area contributed by atoms with Crippen molar-refractivity contribution in [3.8, 4) is 5.75 Å². The fourth-order valence-electron chi connectivity index (χ4n) is 3.84. The smallest absolute Gasteiger partial charge is 0.258 e. The summed E-state index contributed by atoms with van der Waals surface area (Å²) >= 11 is 0. The molecule has 0 amide bonds. The van der Waals surface area contributed by atoms with Gasteiger partial charge in [0.1, 0.15) is 17.2 Å². The van der Waals surface area contributed by atoms with Crippen LogP contribution in [0.5, 0.6) is 5.75 Å². The van der Waals surface area contributed by atoms with Crippen molar-refractivity contribution in [1.82, 2.24) is 19.2 Å². The zero-order valence-electron chi connectivity index (χ0n) is 16.8. The fourth-order valence-corrected chi connectivity index (χ4v) is 3.84. The lowest BCUT2D eigenvalue weighted by Gasteiger charge is -2.34. The lowest BCUT2D eigenvalue weighted by Crippen LogP contribution is -2.45. The van der Waals surface area contributed by atoms with Crippen molar-refractivity contribution in [3.05, 3.63) is 75.6 Å². The summed E-state index contributed by atoms with van der Waals surface area (Å²) in [4.78, 5) is 21.7. The number of methoxy groups -OCH3 is 1. The molecular weight excluding hydrogens is 371 g/mol. The molecule has 29 heavy (non-hydrogen) atoms. The average molecular weight is 396 g/mol. The van der Waals surface area contributed by atoms with E-state index in [1.165, 1.54) is 6.07 Å². The number of rotatable bonds is 5. The lowest BCUT2D eigenvalue weighted by atomic mass is 10.1. The number of fused-ring (bicyclic) bond motifs is 1. The van der Waals surface area contributed by atoms with E-state index < -0.39 is 0 Å². The molecule has 152 valence electrons. The van der Waals surface area contributed by atoms with E-state index in [9.17, 15) is 9.18 Å². The van der Waals surface area contributed by atoms with Crippen LogP contribution in [0.2, 0.25) is 0 Å². The summed E-state index contributed by atoms with van der Waals surface area (Å²) in [6, 6.07) is 10.1. The summed E-state index contributed by atoms with van der Waals surface area (Å²) in [5.74, 6) is 0.466. The van der Waals surface area contributed by atoms with Crippen molar-refractivity contribution in [2.45, 2.75) is 20.0 Å². The second kappa shape index (κ2) is 8.31. The van der Waals surface area contributed by atoms with Crippen molar-refractivity contribution < 1.29 is 9.13 Å². The predicted molar refractivity (Wildman–Crippen MR) is 110 cm³/mol. The SMILES string of the molecule is COc1ccc(F)cc1CN1CCN(Cc2cc(=O)n3cccc(C)c3n2)CC1. The van der Waals surface area contributed by atoms with Gasteiger partial charge in [0, 0.05) is 57.1 Å². The van der Waals surface area contributed by atoms with E-state index in [0.717, 1.165) is 43.0 Å². The Balaban J connectivity index is 1.41. The summed E-state index contributed by atoms with van der Waals surface area (Å²) < 4.78 is 20.5. The molecule has 0 bridgehead atoms. The Morgan fingerprint density at radius 3 is 2.52 bits per heavy atom. The Bertz CT molecular complexity index is 1070. The summed E-state index contributed by atoms with van der Waals surface area (Å²) in [6.45, 7) is 6.74. The first-order valence-corrected chi connectivity index (χ1v) is 9.78. The number of aryl methyl sites for hydroxylation is 1. The number of pyridine rings is 1. The Kier molecular flexibility index (Phi) is 5.60. The molecule has 1 fully saturated rings. The van der Waals surface area contributed by atoms with Gasteiger partial charge >= 0.3 is 0 Å². The standard InChI is InChI=1S/C22H25FN4O2/c1-16-4-3-7-27-21(28)13-19(24-22(16)27)15-26-10-8-25(9-11-26)14-17-12-18(23)5-6-20(17)29-2/h3-7,12-13H,8-11,14-15H2,1-2H3. The first-order valence-electron chi connectivity index (χ1n) is 9.78. The Morgan fingerprint density at radius 1 is 1.07 bits per heavy atom. The number of benzene rings is 1. The zero-order chi connectivity index (χ0) is 20.4. The van der Waals surface area contributed by atoms with Gasteiger partial charge in [-0.15, -0.1) is 0 Å². The third kappa shape index (κ3) is 4.31. The minimum absolute atomic E-state index is 0.0504. The van der Waals surface area contributed by atoms with Crippen molar-refractivity contribution in [2.75, 3.05) is 33.3 Å². The highest BCUT2D eigenvalue weighted by Gasteiger charge is 2.19. The normalized spacial score (nSPS) is 15.7. The second-order valence-electron chi connectivity index (χ2n) is 7.48. The summed E-state index contributed by atoms with van der Waals surface area (Å²) in [5, 5.41) is 0. The molecule has 1 saturated heterocycles. The van der Waals surface area contributed by atoms with Gasteiger partial charge in [0.25, 0.3) is 5.56 Å². The van der Waals surface area contributed by atoms with Crippen LogP contribution in [-0.4, -0.2) is 52.5 Å². The quantitative estimate of drug-likeness (QED) is 0.663. The lowest BCUT2D eigenvalue weighted by molar-refractivity contribution is 0.120. The maximum Gasteiger partial charge on any atom is 0.258 e. The van der Waals surface area contributed by atoms with Crippen molar-refractivity contribution in [2.24, 2.45) is 0 Å². The molecule has 6 nitrogen and oxygen atoms in total. The van der Waals surface area contributed by atoms with Gasteiger partial charge in [-0.25, -0.2) is 9.37 Å². The van der Waals surface area contributed by atoms with E-state index in [2.05, 4.69) is 9.80 Å². The van der Waals surface area contributed by atoms with Crippen molar-refractivity contribution >= 4 is 5.65 Å². The van der Waals surface area contributed by atoms with Crippen LogP contribution in [0.3, 0.4) is 0 Å². The maximum atomic E-state index is 13.6. The summed E-state index contributed by atoms with van der Waals surface area (Å²) in [5.41, 5.74) is 3.31. The fraction of sp³-hybridized carbons (Fsp3) is 0.364. The third-order valence-corrected chi connectivity index (χ3v) is 5.43. The minimum atomic E-state index is -0.247. The van der Waals surface area contributed by atoms with Crippen LogP contribution < -0.4 is 10.3 Å². The van der Waals surface area contributed by atoms with Crippen molar-refractivity contribution in [1.29, 1.82) is 0 Å². The molecular formula is C22H25FN4O2. The Labute approximate surface area is 169 Å². The van der Waals surface area contributed by atoms with E-state index in [0.29, 0.717) is 24.5 Å². The van der Waals surface area contributed by atoms with E-state index in [4.69, 9.17) is 9.72 Å². The van der Waals surface area contributed by atoms with E-state index in [1.807, 2.05) is 19.1 Å². The number of ether oxygens (including phenoxy) is 1. The largest absolute Gasteiger partial charge is 0.496 e. The van der Waals surface area contributed by atoms with Gasteiger partial charge in [0.2, 0.25) is 0 Å². The van der Waals surface area contributed by atoms with Gasteiger partial charge in [-0.2, -0.15) is 0 Å². The zero-order valence-corrected chi connectivity index (χ0v) is 16.8. The predicted octanol–water partition coefficient (Wildman–Crippen LogP) is 2.47. The summed E-state index contributed by atoms with van der Waals surface area (Å²) in [6.07, 6.45) is 1.75. The van der Waals surface area contributed by atoms with E-state index in [1.54, 1.807) is 35.9 Å². The number of halogens is 1. The molecule has 3 heterocycles. The molecule has 0 N–H and O–H groups in total. The monoisotopic (exact) mass is 396 g/mol. The number of nitrogens with zero attached hydrogens (tertiary/aromatic N) is 4. The molecule has 0 atom stereocenters. The van der Waals surface area contributed by atoms with Crippen LogP contribution in [0.4, 0.5) is 4.39 Å². The molecule has 1 aliphatic heterocycles. The van der Waals surface area contributed by atoms with Crippen LogP contribution in [0.1, 0.15) is 16.8 Å².